The lowest BCUT2D eigenvalue weighted by molar-refractivity contribution is 0.0380. The van der Waals surface area contributed by atoms with E-state index in [1.807, 2.05) is 0 Å². The first-order valence-electron chi connectivity index (χ1n) is 7.03. The molecule has 0 saturated heterocycles. The molecule has 0 radical (unpaired) electrons. The van der Waals surface area contributed by atoms with Crippen molar-refractivity contribution in [2.24, 2.45) is 5.92 Å². The van der Waals surface area contributed by atoms with Gasteiger partial charge >= 0.3 is 0 Å². The monoisotopic (exact) mass is 227 g/mol. The van der Waals surface area contributed by atoms with Crippen LogP contribution >= 0.6 is 0 Å². The molecule has 0 bridgehead atoms. The van der Waals surface area contributed by atoms with Crippen LogP contribution in [0.25, 0.3) is 0 Å². The minimum atomic E-state index is -0.102. The first-order chi connectivity index (χ1) is 7.65. The summed E-state index contributed by atoms with van der Waals surface area (Å²) in [7, 11) is 2.18. The molecule has 3 atom stereocenters. The molecule has 0 aliphatic heterocycles. The van der Waals surface area contributed by atoms with Crippen LogP contribution in [0.4, 0.5) is 0 Å². The van der Waals surface area contributed by atoms with E-state index < -0.39 is 0 Å². The predicted octanol–water partition coefficient (Wildman–Crippen LogP) is 3.05. The fourth-order valence-corrected chi connectivity index (χ4v) is 2.72. The highest BCUT2D eigenvalue weighted by Gasteiger charge is 2.24. The van der Waals surface area contributed by atoms with Gasteiger partial charge in [-0.05, 0) is 25.8 Å². The average molecular weight is 227 g/mol. The van der Waals surface area contributed by atoms with Crippen LogP contribution in [0.2, 0.25) is 0 Å². The Morgan fingerprint density at radius 3 is 2.44 bits per heavy atom. The Hall–Kier alpha value is -0.0800. The van der Waals surface area contributed by atoms with E-state index in [-0.39, 0.29) is 6.10 Å². The Morgan fingerprint density at radius 2 is 1.81 bits per heavy atom. The summed E-state index contributed by atoms with van der Waals surface area (Å²) in [5.41, 5.74) is 0. The molecule has 16 heavy (non-hydrogen) atoms. The van der Waals surface area contributed by atoms with Crippen LogP contribution in [0.15, 0.2) is 0 Å². The van der Waals surface area contributed by atoms with E-state index in [1.165, 1.54) is 38.5 Å². The smallest absolute Gasteiger partial charge is 0.0695 e. The van der Waals surface area contributed by atoms with Crippen molar-refractivity contribution in [3.63, 3.8) is 0 Å². The molecule has 0 aromatic carbocycles. The molecule has 1 fully saturated rings. The van der Waals surface area contributed by atoms with Gasteiger partial charge < -0.3 is 10.0 Å². The lowest BCUT2D eigenvalue weighted by atomic mass is 9.93. The molecular weight excluding hydrogens is 198 g/mol. The van der Waals surface area contributed by atoms with Crippen molar-refractivity contribution in [3.8, 4) is 0 Å². The lowest BCUT2D eigenvalue weighted by Crippen LogP contribution is -2.43. The minimum Gasteiger partial charge on any atom is -0.391 e. The SMILES string of the molecule is CCC(C)CN(C)C1CCCCCCC1O. The van der Waals surface area contributed by atoms with Crippen LogP contribution < -0.4 is 0 Å². The zero-order valence-electron chi connectivity index (χ0n) is 11.3. The highest BCUT2D eigenvalue weighted by molar-refractivity contribution is 4.79. The number of aliphatic hydroxyl groups excluding tert-OH is 1. The maximum atomic E-state index is 10.2. The lowest BCUT2D eigenvalue weighted by Gasteiger charge is -2.34. The molecule has 1 N–H and O–H groups in total. The highest BCUT2D eigenvalue weighted by atomic mass is 16.3. The Balaban J connectivity index is 2.45. The summed E-state index contributed by atoms with van der Waals surface area (Å²) in [5.74, 6) is 0.739. The van der Waals surface area contributed by atoms with Crippen molar-refractivity contribution in [1.82, 2.24) is 4.90 Å². The molecule has 1 aliphatic carbocycles. The molecule has 1 aliphatic rings. The van der Waals surface area contributed by atoms with Crippen LogP contribution in [-0.4, -0.2) is 35.7 Å². The van der Waals surface area contributed by atoms with Gasteiger partial charge in [-0.25, -0.2) is 0 Å². The van der Waals surface area contributed by atoms with Crippen LogP contribution in [0.5, 0.6) is 0 Å². The summed E-state index contributed by atoms with van der Waals surface area (Å²) >= 11 is 0. The molecule has 1 saturated carbocycles. The third-order valence-electron chi connectivity index (χ3n) is 4.06. The van der Waals surface area contributed by atoms with Gasteiger partial charge in [-0.15, -0.1) is 0 Å². The Labute approximate surface area is 101 Å². The summed E-state index contributed by atoms with van der Waals surface area (Å²) in [6.45, 7) is 5.66. The van der Waals surface area contributed by atoms with Crippen molar-refractivity contribution < 1.29 is 5.11 Å². The molecule has 2 nitrogen and oxygen atoms in total. The van der Waals surface area contributed by atoms with Gasteiger partial charge in [-0.3, -0.25) is 0 Å². The van der Waals surface area contributed by atoms with Gasteiger partial charge in [-0.2, -0.15) is 0 Å². The molecule has 0 aromatic heterocycles. The Bertz CT molecular complexity index is 184. The van der Waals surface area contributed by atoms with Gasteiger partial charge in [-0.1, -0.05) is 46.0 Å². The zero-order valence-corrected chi connectivity index (χ0v) is 11.3. The second-order valence-electron chi connectivity index (χ2n) is 5.58. The van der Waals surface area contributed by atoms with Gasteiger partial charge in [0.15, 0.2) is 0 Å². The van der Waals surface area contributed by atoms with E-state index in [9.17, 15) is 5.11 Å². The summed E-state index contributed by atoms with van der Waals surface area (Å²) in [5, 5.41) is 10.2. The minimum absolute atomic E-state index is 0.102. The molecule has 0 spiro atoms. The van der Waals surface area contributed by atoms with E-state index in [2.05, 4.69) is 25.8 Å². The van der Waals surface area contributed by atoms with Crippen molar-refractivity contribution in [1.29, 1.82) is 0 Å². The fourth-order valence-electron chi connectivity index (χ4n) is 2.72. The van der Waals surface area contributed by atoms with Gasteiger partial charge in [0.05, 0.1) is 6.10 Å². The topological polar surface area (TPSA) is 23.5 Å². The van der Waals surface area contributed by atoms with Crippen molar-refractivity contribution in [3.05, 3.63) is 0 Å². The maximum Gasteiger partial charge on any atom is 0.0695 e. The number of nitrogens with zero attached hydrogens (tertiary/aromatic N) is 1. The molecule has 3 unspecified atom stereocenters. The largest absolute Gasteiger partial charge is 0.391 e. The normalized spacial score (nSPS) is 29.8. The molecule has 0 aromatic rings. The quantitative estimate of drug-likeness (QED) is 0.798. The number of hydrogen-bond donors (Lipinski definition) is 1. The predicted molar refractivity (Wildman–Crippen MR) is 69.6 cm³/mol. The second kappa shape index (κ2) is 7.29. The van der Waals surface area contributed by atoms with E-state index in [1.54, 1.807) is 0 Å². The second-order valence-corrected chi connectivity index (χ2v) is 5.58. The molecule has 0 amide bonds. The van der Waals surface area contributed by atoms with Crippen LogP contribution in [0.1, 0.15) is 58.8 Å². The van der Waals surface area contributed by atoms with Gasteiger partial charge in [0.25, 0.3) is 0 Å². The van der Waals surface area contributed by atoms with Crippen LogP contribution in [-0.2, 0) is 0 Å². The summed E-state index contributed by atoms with van der Waals surface area (Å²) < 4.78 is 0. The van der Waals surface area contributed by atoms with Crippen LogP contribution in [0.3, 0.4) is 0 Å². The van der Waals surface area contributed by atoms with Crippen molar-refractivity contribution in [2.75, 3.05) is 13.6 Å². The van der Waals surface area contributed by atoms with Crippen molar-refractivity contribution >= 4 is 0 Å². The van der Waals surface area contributed by atoms with Crippen LogP contribution in [0, 0.1) is 5.92 Å². The summed E-state index contributed by atoms with van der Waals surface area (Å²) in [6, 6.07) is 0.397. The first-order valence-corrected chi connectivity index (χ1v) is 7.03. The van der Waals surface area contributed by atoms with E-state index >= 15 is 0 Å². The molecule has 2 heteroatoms. The third kappa shape index (κ3) is 4.42. The van der Waals surface area contributed by atoms with E-state index in [0.29, 0.717) is 6.04 Å². The van der Waals surface area contributed by atoms with Gasteiger partial charge in [0, 0.05) is 12.6 Å². The van der Waals surface area contributed by atoms with E-state index in [4.69, 9.17) is 0 Å². The number of aliphatic hydroxyl groups is 1. The molecule has 1 rings (SSSR count). The number of likely N-dealkylation sites (N-methyl/N-ethyl adjacent to an activating group) is 1. The zero-order chi connectivity index (χ0) is 12.0. The highest BCUT2D eigenvalue weighted by Crippen LogP contribution is 2.22. The molecule has 96 valence electrons. The fraction of sp³-hybridized carbons (Fsp3) is 1.00. The summed E-state index contributed by atoms with van der Waals surface area (Å²) in [6.07, 6.45) is 8.44. The summed E-state index contributed by atoms with van der Waals surface area (Å²) in [4.78, 5) is 2.39. The first kappa shape index (κ1) is 14.0. The van der Waals surface area contributed by atoms with E-state index in [0.717, 1.165) is 18.9 Å². The average Bonchev–Trinajstić information content (AvgIpc) is 2.23. The molecular formula is C14H29NO. The standard InChI is InChI=1S/C14H29NO/c1-4-12(2)11-15(3)13-9-7-5-6-8-10-14(13)16/h12-14,16H,4-11H2,1-3H3. The van der Waals surface area contributed by atoms with Crippen molar-refractivity contribution in [2.45, 2.75) is 70.9 Å². The Morgan fingerprint density at radius 1 is 1.19 bits per heavy atom. The van der Waals surface area contributed by atoms with Gasteiger partial charge in [0.1, 0.15) is 0 Å². The number of hydrogen-bond acceptors (Lipinski definition) is 2. The third-order valence-corrected chi connectivity index (χ3v) is 4.06. The number of rotatable bonds is 4. The van der Waals surface area contributed by atoms with Gasteiger partial charge in [0.2, 0.25) is 0 Å². The molecule has 0 heterocycles. The maximum absolute atomic E-state index is 10.2. The Kier molecular flexibility index (Phi) is 6.37.